The molecule has 0 aliphatic rings. The Hall–Kier alpha value is -1.64. The van der Waals surface area contributed by atoms with Crippen LogP contribution in [0.15, 0.2) is 30.5 Å². The summed E-state index contributed by atoms with van der Waals surface area (Å²) in [4.78, 5) is 7.84. The lowest BCUT2D eigenvalue weighted by molar-refractivity contribution is 0.453. The first-order valence-corrected chi connectivity index (χ1v) is 3.27. The summed E-state index contributed by atoms with van der Waals surface area (Å²) in [6.07, 6.45) is 1.34. The molecule has 0 amide bonds. The van der Waals surface area contributed by atoms with E-state index < -0.39 is 0 Å². The molecule has 0 aliphatic heterocycles. The van der Waals surface area contributed by atoms with Gasteiger partial charge in [-0.15, -0.1) is 0 Å². The van der Waals surface area contributed by atoms with Gasteiger partial charge in [-0.3, -0.25) is 0 Å². The average molecular weight is 162 g/mol. The van der Waals surface area contributed by atoms with Gasteiger partial charge < -0.3 is 5.11 Å². The standard InChI is InChI=1S/C8H6N2O.CH4/c11-8-5-9-6-3-1-2-4-7(6)10-8;/h1-5H,(H,10,11);1H4. The van der Waals surface area contributed by atoms with Crippen molar-refractivity contribution in [2.24, 2.45) is 0 Å². The molecule has 2 rings (SSSR count). The average Bonchev–Trinajstić information content (AvgIpc) is 2.04. The van der Waals surface area contributed by atoms with E-state index >= 15 is 0 Å². The van der Waals surface area contributed by atoms with Crippen molar-refractivity contribution in [1.29, 1.82) is 0 Å². The summed E-state index contributed by atoms with van der Waals surface area (Å²) in [5, 5.41) is 8.96. The van der Waals surface area contributed by atoms with Crippen molar-refractivity contribution >= 4 is 11.0 Å². The fourth-order valence-corrected chi connectivity index (χ4v) is 0.947. The third kappa shape index (κ3) is 1.34. The van der Waals surface area contributed by atoms with Crippen LogP contribution in [0.3, 0.4) is 0 Å². The van der Waals surface area contributed by atoms with E-state index in [1.54, 1.807) is 0 Å². The molecule has 0 radical (unpaired) electrons. The molecule has 0 aliphatic carbocycles. The number of hydrogen-bond donors (Lipinski definition) is 1. The van der Waals surface area contributed by atoms with E-state index in [4.69, 9.17) is 5.11 Å². The predicted octanol–water partition coefficient (Wildman–Crippen LogP) is 1.97. The van der Waals surface area contributed by atoms with Crippen LogP contribution in [0.2, 0.25) is 0 Å². The fourth-order valence-electron chi connectivity index (χ4n) is 0.947. The van der Waals surface area contributed by atoms with Gasteiger partial charge in [-0.25, -0.2) is 9.97 Å². The lowest BCUT2D eigenvalue weighted by Gasteiger charge is -1.94. The van der Waals surface area contributed by atoms with Gasteiger partial charge in [-0.05, 0) is 12.1 Å². The third-order valence-electron chi connectivity index (χ3n) is 1.44. The summed E-state index contributed by atoms with van der Waals surface area (Å²) in [7, 11) is 0. The molecule has 1 N–H and O–H groups in total. The Morgan fingerprint density at radius 2 is 1.75 bits per heavy atom. The topological polar surface area (TPSA) is 46.0 Å². The van der Waals surface area contributed by atoms with Gasteiger partial charge >= 0.3 is 0 Å². The number of rotatable bonds is 0. The highest BCUT2D eigenvalue weighted by Crippen LogP contribution is 2.10. The van der Waals surface area contributed by atoms with Gasteiger partial charge in [0.05, 0.1) is 17.2 Å². The van der Waals surface area contributed by atoms with Crippen molar-refractivity contribution in [2.45, 2.75) is 7.43 Å². The highest BCUT2D eigenvalue weighted by atomic mass is 16.3. The third-order valence-corrected chi connectivity index (χ3v) is 1.44. The number of hydrogen-bond acceptors (Lipinski definition) is 3. The van der Waals surface area contributed by atoms with Crippen LogP contribution in [-0.2, 0) is 0 Å². The second-order valence-corrected chi connectivity index (χ2v) is 2.22. The summed E-state index contributed by atoms with van der Waals surface area (Å²) >= 11 is 0. The summed E-state index contributed by atoms with van der Waals surface area (Å²) in [6.45, 7) is 0. The Morgan fingerprint density at radius 3 is 2.50 bits per heavy atom. The van der Waals surface area contributed by atoms with Crippen LogP contribution in [0, 0.1) is 0 Å². The van der Waals surface area contributed by atoms with Gasteiger partial charge in [-0.2, -0.15) is 0 Å². The van der Waals surface area contributed by atoms with E-state index in [0.29, 0.717) is 5.52 Å². The van der Waals surface area contributed by atoms with Gasteiger partial charge in [0.1, 0.15) is 0 Å². The maximum Gasteiger partial charge on any atom is 0.230 e. The maximum atomic E-state index is 8.96. The second kappa shape index (κ2) is 3.17. The zero-order valence-corrected chi connectivity index (χ0v) is 5.73. The molecule has 0 unspecified atom stereocenters. The largest absolute Gasteiger partial charge is 0.492 e. The fraction of sp³-hybridized carbons (Fsp3) is 0.111. The van der Waals surface area contributed by atoms with E-state index in [1.807, 2.05) is 24.3 Å². The molecule has 3 nitrogen and oxygen atoms in total. The highest BCUT2D eigenvalue weighted by Gasteiger charge is 1.94. The van der Waals surface area contributed by atoms with Gasteiger partial charge in [-0.1, -0.05) is 19.6 Å². The first-order valence-electron chi connectivity index (χ1n) is 3.27. The van der Waals surface area contributed by atoms with Crippen LogP contribution < -0.4 is 0 Å². The van der Waals surface area contributed by atoms with Crippen LogP contribution in [0.25, 0.3) is 11.0 Å². The first-order chi connectivity index (χ1) is 5.36. The summed E-state index contributed by atoms with van der Waals surface area (Å²) in [5.41, 5.74) is 1.51. The quantitative estimate of drug-likeness (QED) is 0.644. The summed E-state index contributed by atoms with van der Waals surface area (Å²) in [6, 6.07) is 7.40. The van der Waals surface area contributed by atoms with Crippen LogP contribution in [0.1, 0.15) is 7.43 Å². The molecule has 0 atom stereocenters. The molecule has 62 valence electrons. The number of para-hydroxylation sites is 2. The molecule has 12 heavy (non-hydrogen) atoms. The van der Waals surface area contributed by atoms with Crippen LogP contribution >= 0.6 is 0 Å². The number of aromatic nitrogens is 2. The molecule has 0 saturated carbocycles. The Morgan fingerprint density at radius 1 is 1.08 bits per heavy atom. The van der Waals surface area contributed by atoms with Gasteiger partial charge in [0.25, 0.3) is 0 Å². The van der Waals surface area contributed by atoms with Crippen molar-refractivity contribution in [3.8, 4) is 5.88 Å². The number of nitrogens with zero attached hydrogens (tertiary/aromatic N) is 2. The normalized spacial score (nSPS) is 9.33. The SMILES string of the molecule is C.Oc1cnc2ccccc2n1. The van der Waals surface area contributed by atoms with Crippen LogP contribution in [0.5, 0.6) is 5.88 Å². The van der Waals surface area contributed by atoms with Crippen LogP contribution in [-0.4, -0.2) is 15.1 Å². The molecule has 0 bridgehead atoms. The van der Waals surface area contributed by atoms with Crippen molar-refractivity contribution in [2.75, 3.05) is 0 Å². The molecular formula is C9H10N2O. The van der Waals surface area contributed by atoms with Gasteiger partial charge in [0.2, 0.25) is 5.88 Å². The van der Waals surface area contributed by atoms with E-state index in [2.05, 4.69) is 9.97 Å². The minimum atomic E-state index is -0.0382. The maximum absolute atomic E-state index is 8.96. The van der Waals surface area contributed by atoms with Crippen molar-refractivity contribution in [3.63, 3.8) is 0 Å². The highest BCUT2D eigenvalue weighted by molar-refractivity contribution is 5.73. The molecule has 0 spiro atoms. The van der Waals surface area contributed by atoms with Crippen molar-refractivity contribution in [1.82, 2.24) is 9.97 Å². The molecule has 1 aromatic carbocycles. The molecule has 1 heterocycles. The van der Waals surface area contributed by atoms with E-state index in [0.717, 1.165) is 5.52 Å². The second-order valence-electron chi connectivity index (χ2n) is 2.22. The minimum Gasteiger partial charge on any atom is -0.492 e. The summed E-state index contributed by atoms with van der Waals surface area (Å²) < 4.78 is 0. The minimum absolute atomic E-state index is 0. The molecule has 0 saturated heterocycles. The van der Waals surface area contributed by atoms with Gasteiger partial charge in [0.15, 0.2) is 0 Å². The van der Waals surface area contributed by atoms with E-state index in [-0.39, 0.29) is 13.3 Å². The smallest absolute Gasteiger partial charge is 0.230 e. The molecule has 1 aromatic heterocycles. The number of fused-ring (bicyclic) bond motifs is 1. The van der Waals surface area contributed by atoms with Crippen molar-refractivity contribution < 1.29 is 5.11 Å². The molecule has 2 aromatic rings. The Bertz CT molecular complexity index is 387. The Balaban J connectivity index is 0.000000720. The number of benzene rings is 1. The van der Waals surface area contributed by atoms with E-state index in [1.165, 1.54) is 6.20 Å². The lowest BCUT2D eigenvalue weighted by atomic mass is 10.3. The van der Waals surface area contributed by atoms with Crippen LogP contribution in [0.4, 0.5) is 0 Å². The zero-order chi connectivity index (χ0) is 7.68. The predicted molar refractivity (Wildman–Crippen MR) is 47.9 cm³/mol. The molecule has 0 fully saturated rings. The zero-order valence-electron chi connectivity index (χ0n) is 5.73. The van der Waals surface area contributed by atoms with Gasteiger partial charge in [0, 0.05) is 0 Å². The Kier molecular flexibility index (Phi) is 2.24. The monoisotopic (exact) mass is 162 g/mol. The lowest BCUT2D eigenvalue weighted by Crippen LogP contribution is -1.81. The summed E-state index contributed by atoms with van der Waals surface area (Å²) in [5.74, 6) is -0.0382. The van der Waals surface area contributed by atoms with Crippen molar-refractivity contribution in [3.05, 3.63) is 30.5 Å². The molecule has 3 heteroatoms. The van der Waals surface area contributed by atoms with E-state index in [9.17, 15) is 0 Å². The molecular weight excluding hydrogens is 152 g/mol. The first kappa shape index (κ1) is 8.46. The number of aromatic hydroxyl groups is 1. The Labute approximate surface area is 70.7 Å².